The van der Waals surface area contributed by atoms with E-state index in [1.54, 1.807) is 0 Å². The molecule has 5 heteroatoms. The standard InChI is InChI=1S/C15H30O5/c1-2-3-4-5-6-7-8-15(19)20-14(12-17)10-9-13(18)11-16/h13-14,16-18H,2-12H2,1H3/t13-,14+/m0/s1. The molecule has 0 aromatic rings. The molecule has 0 heterocycles. The smallest absolute Gasteiger partial charge is 0.306 e. The van der Waals surface area contributed by atoms with Crippen molar-refractivity contribution in [2.24, 2.45) is 0 Å². The fraction of sp³-hybridized carbons (Fsp3) is 0.933. The van der Waals surface area contributed by atoms with Gasteiger partial charge < -0.3 is 20.1 Å². The van der Waals surface area contributed by atoms with Crippen molar-refractivity contribution in [2.75, 3.05) is 13.2 Å². The van der Waals surface area contributed by atoms with Crippen molar-refractivity contribution in [3.8, 4) is 0 Å². The van der Waals surface area contributed by atoms with Gasteiger partial charge in [0.2, 0.25) is 0 Å². The number of rotatable bonds is 13. The van der Waals surface area contributed by atoms with Gasteiger partial charge in [-0.2, -0.15) is 0 Å². The van der Waals surface area contributed by atoms with Crippen molar-refractivity contribution in [1.29, 1.82) is 0 Å². The molecule has 0 radical (unpaired) electrons. The second-order valence-electron chi connectivity index (χ2n) is 5.23. The van der Waals surface area contributed by atoms with Crippen LogP contribution in [0.4, 0.5) is 0 Å². The minimum absolute atomic E-state index is 0.250. The number of carbonyl (C=O) groups excluding carboxylic acids is 1. The van der Waals surface area contributed by atoms with E-state index in [9.17, 15) is 9.90 Å². The fourth-order valence-electron chi connectivity index (χ4n) is 1.95. The number of aliphatic hydroxyl groups is 3. The van der Waals surface area contributed by atoms with E-state index in [0.29, 0.717) is 19.3 Å². The molecule has 20 heavy (non-hydrogen) atoms. The van der Waals surface area contributed by atoms with Crippen LogP contribution < -0.4 is 0 Å². The molecule has 0 aliphatic carbocycles. The molecule has 0 aromatic carbocycles. The molecule has 120 valence electrons. The molecule has 0 aromatic heterocycles. The van der Waals surface area contributed by atoms with Gasteiger partial charge in [0, 0.05) is 6.42 Å². The van der Waals surface area contributed by atoms with E-state index in [1.807, 2.05) is 0 Å². The quantitative estimate of drug-likeness (QED) is 0.355. The van der Waals surface area contributed by atoms with E-state index in [1.165, 1.54) is 19.3 Å². The summed E-state index contributed by atoms with van der Waals surface area (Å²) < 4.78 is 5.14. The molecule has 0 saturated heterocycles. The highest BCUT2D eigenvalue weighted by molar-refractivity contribution is 5.69. The molecule has 0 spiro atoms. The maximum atomic E-state index is 11.6. The molecule has 0 aliphatic heterocycles. The summed E-state index contributed by atoms with van der Waals surface area (Å²) in [5.41, 5.74) is 0. The summed E-state index contributed by atoms with van der Waals surface area (Å²) in [5.74, 6) is -0.293. The first-order valence-corrected chi connectivity index (χ1v) is 7.73. The Hall–Kier alpha value is -0.650. The summed E-state index contributed by atoms with van der Waals surface area (Å²) in [4.78, 5) is 11.6. The maximum absolute atomic E-state index is 11.6. The Balaban J connectivity index is 3.64. The normalized spacial score (nSPS) is 14.0. The predicted octanol–water partition coefficient (Wildman–Crippen LogP) is 1.77. The second kappa shape index (κ2) is 13.3. The van der Waals surface area contributed by atoms with E-state index in [4.69, 9.17) is 14.9 Å². The molecule has 0 bridgehead atoms. The molecule has 2 atom stereocenters. The van der Waals surface area contributed by atoms with Crippen LogP contribution in [0.25, 0.3) is 0 Å². The Morgan fingerprint density at radius 2 is 1.65 bits per heavy atom. The number of ether oxygens (including phenoxy) is 1. The van der Waals surface area contributed by atoms with E-state index < -0.39 is 12.2 Å². The van der Waals surface area contributed by atoms with Crippen LogP contribution in [0.3, 0.4) is 0 Å². The van der Waals surface area contributed by atoms with Gasteiger partial charge in [-0.25, -0.2) is 0 Å². The number of hydrogen-bond acceptors (Lipinski definition) is 5. The number of unbranched alkanes of at least 4 members (excludes halogenated alkanes) is 5. The van der Waals surface area contributed by atoms with Gasteiger partial charge in [0.1, 0.15) is 6.10 Å². The van der Waals surface area contributed by atoms with Gasteiger partial charge in [-0.1, -0.05) is 39.0 Å². The highest BCUT2D eigenvalue weighted by atomic mass is 16.5. The topological polar surface area (TPSA) is 87.0 Å². The SMILES string of the molecule is CCCCCCCCC(=O)O[C@@H](CO)CC[C@H](O)CO. The van der Waals surface area contributed by atoms with E-state index >= 15 is 0 Å². The minimum Gasteiger partial charge on any atom is -0.460 e. The Kier molecular flexibility index (Phi) is 12.9. The highest BCUT2D eigenvalue weighted by Gasteiger charge is 2.15. The third kappa shape index (κ3) is 11.2. The van der Waals surface area contributed by atoms with Crippen molar-refractivity contribution in [3.05, 3.63) is 0 Å². The van der Waals surface area contributed by atoms with Crippen LogP contribution in [0.2, 0.25) is 0 Å². The predicted molar refractivity (Wildman–Crippen MR) is 77.3 cm³/mol. The number of aliphatic hydroxyl groups excluding tert-OH is 3. The van der Waals surface area contributed by atoms with Crippen LogP contribution in [0.5, 0.6) is 0 Å². The van der Waals surface area contributed by atoms with E-state index in [0.717, 1.165) is 19.3 Å². The maximum Gasteiger partial charge on any atom is 0.306 e. The van der Waals surface area contributed by atoms with Crippen LogP contribution in [0.15, 0.2) is 0 Å². The molecule has 3 N–H and O–H groups in total. The van der Waals surface area contributed by atoms with Crippen LogP contribution >= 0.6 is 0 Å². The molecule has 0 fully saturated rings. The second-order valence-corrected chi connectivity index (χ2v) is 5.23. The van der Waals surface area contributed by atoms with Gasteiger partial charge in [0.25, 0.3) is 0 Å². The monoisotopic (exact) mass is 290 g/mol. The summed E-state index contributed by atoms with van der Waals surface area (Å²) in [6, 6.07) is 0. The lowest BCUT2D eigenvalue weighted by molar-refractivity contribution is -0.152. The lowest BCUT2D eigenvalue weighted by atomic mass is 10.1. The molecule has 0 amide bonds. The molecule has 0 saturated carbocycles. The zero-order valence-electron chi connectivity index (χ0n) is 12.6. The Bertz CT molecular complexity index is 232. The van der Waals surface area contributed by atoms with Crippen molar-refractivity contribution >= 4 is 5.97 Å². The average molecular weight is 290 g/mol. The Labute approximate surface area is 122 Å². The summed E-state index contributed by atoms with van der Waals surface area (Å²) in [6.45, 7) is 1.60. The fourth-order valence-corrected chi connectivity index (χ4v) is 1.95. The van der Waals surface area contributed by atoms with Crippen LogP contribution in [-0.2, 0) is 9.53 Å². The van der Waals surface area contributed by atoms with Crippen molar-refractivity contribution in [2.45, 2.75) is 76.9 Å². The van der Waals surface area contributed by atoms with Gasteiger partial charge in [0.15, 0.2) is 0 Å². The zero-order valence-corrected chi connectivity index (χ0v) is 12.6. The number of carbonyl (C=O) groups is 1. The molecule has 0 aliphatic rings. The molecule has 0 rings (SSSR count). The summed E-state index contributed by atoms with van der Waals surface area (Å²) >= 11 is 0. The molecular weight excluding hydrogens is 260 g/mol. The lowest BCUT2D eigenvalue weighted by Crippen LogP contribution is -2.24. The first-order chi connectivity index (χ1) is 9.63. The minimum atomic E-state index is -0.818. The van der Waals surface area contributed by atoms with Crippen molar-refractivity contribution < 1.29 is 24.9 Å². The van der Waals surface area contributed by atoms with Crippen molar-refractivity contribution in [1.82, 2.24) is 0 Å². The lowest BCUT2D eigenvalue weighted by Gasteiger charge is -2.16. The Morgan fingerprint density at radius 1 is 1.00 bits per heavy atom. The van der Waals surface area contributed by atoms with Gasteiger partial charge in [-0.05, 0) is 19.3 Å². The Morgan fingerprint density at radius 3 is 2.25 bits per heavy atom. The van der Waals surface area contributed by atoms with Crippen molar-refractivity contribution in [3.63, 3.8) is 0 Å². The number of hydrogen-bond donors (Lipinski definition) is 3. The van der Waals surface area contributed by atoms with Crippen LogP contribution in [-0.4, -0.2) is 46.7 Å². The van der Waals surface area contributed by atoms with Crippen LogP contribution in [0, 0.1) is 0 Å². The van der Waals surface area contributed by atoms with Gasteiger partial charge in [0.05, 0.1) is 19.3 Å². The third-order valence-electron chi connectivity index (χ3n) is 3.27. The zero-order chi connectivity index (χ0) is 15.2. The summed E-state index contributed by atoms with van der Waals surface area (Å²) in [7, 11) is 0. The highest BCUT2D eigenvalue weighted by Crippen LogP contribution is 2.10. The summed E-state index contributed by atoms with van der Waals surface area (Å²) in [6.07, 6.45) is 6.31. The third-order valence-corrected chi connectivity index (χ3v) is 3.27. The summed E-state index contributed by atoms with van der Waals surface area (Å²) in [5, 5.41) is 27.0. The molecular formula is C15H30O5. The number of esters is 1. The van der Waals surface area contributed by atoms with Crippen LogP contribution in [0.1, 0.15) is 64.7 Å². The van der Waals surface area contributed by atoms with Gasteiger partial charge in [-0.3, -0.25) is 4.79 Å². The molecule has 0 unspecified atom stereocenters. The first-order valence-electron chi connectivity index (χ1n) is 7.73. The first kappa shape index (κ1) is 19.4. The average Bonchev–Trinajstić information content (AvgIpc) is 2.46. The molecule has 5 nitrogen and oxygen atoms in total. The van der Waals surface area contributed by atoms with E-state index in [2.05, 4.69) is 6.92 Å². The van der Waals surface area contributed by atoms with Gasteiger partial charge >= 0.3 is 5.97 Å². The van der Waals surface area contributed by atoms with Gasteiger partial charge in [-0.15, -0.1) is 0 Å². The van der Waals surface area contributed by atoms with E-state index in [-0.39, 0.29) is 19.2 Å². The largest absolute Gasteiger partial charge is 0.460 e.